The lowest BCUT2D eigenvalue weighted by molar-refractivity contribution is -0.190. The molecule has 0 radical (unpaired) electrons. The Balaban J connectivity index is 1.91. The molecular weight excluding hydrogens is 276 g/mol. The van der Waals surface area contributed by atoms with Gasteiger partial charge in [-0.25, -0.2) is 4.79 Å². The predicted octanol–water partition coefficient (Wildman–Crippen LogP) is 0.597. The molecule has 6 heteroatoms. The standard InChI is InChI=1S/C15H16O6/c1-6-5-15-10(7(2)13(17)21-15)12-11(16)8(14(18)19-12)3-4-9(6)20-15/h5,8-9,11-12,16H,3-4H2,1-2H3/t8-,9+,11-,12+,15+/m1/s1. The van der Waals surface area contributed by atoms with E-state index in [4.69, 9.17) is 14.2 Å². The summed E-state index contributed by atoms with van der Waals surface area (Å²) in [5.74, 6) is -2.80. The van der Waals surface area contributed by atoms with Gasteiger partial charge >= 0.3 is 11.9 Å². The molecule has 0 aromatic carbocycles. The van der Waals surface area contributed by atoms with Crippen LogP contribution in [0.4, 0.5) is 0 Å². The second kappa shape index (κ2) is 3.96. The van der Waals surface area contributed by atoms with Gasteiger partial charge in [0.15, 0.2) is 6.10 Å². The molecule has 4 bridgehead atoms. The molecule has 0 saturated carbocycles. The van der Waals surface area contributed by atoms with Crippen LogP contribution in [0.1, 0.15) is 26.7 Å². The van der Waals surface area contributed by atoms with Crippen LogP contribution in [0.25, 0.3) is 0 Å². The molecule has 6 nitrogen and oxygen atoms in total. The molecule has 4 rings (SSSR count). The van der Waals surface area contributed by atoms with E-state index >= 15 is 0 Å². The summed E-state index contributed by atoms with van der Waals surface area (Å²) in [5.41, 5.74) is 1.75. The van der Waals surface area contributed by atoms with Crippen molar-refractivity contribution >= 4 is 11.9 Å². The zero-order valence-electron chi connectivity index (χ0n) is 11.8. The van der Waals surface area contributed by atoms with Crippen LogP contribution in [0.3, 0.4) is 0 Å². The zero-order chi connectivity index (χ0) is 14.9. The fourth-order valence-electron chi connectivity index (χ4n) is 3.75. The minimum Gasteiger partial charge on any atom is -0.454 e. The first-order valence-electron chi connectivity index (χ1n) is 7.13. The molecule has 1 spiro atoms. The Bertz CT molecular complexity index is 618. The molecule has 4 heterocycles. The number of rotatable bonds is 0. The van der Waals surface area contributed by atoms with Crippen molar-refractivity contribution in [2.24, 2.45) is 5.92 Å². The molecule has 112 valence electrons. The molecule has 4 aliphatic rings. The monoisotopic (exact) mass is 292 g/mol. The SMILES string of the molecule is CC1=C[C@]23OC(=O)C(C)=C2[C@@H]2OC(=O)[C@H](CC[C@@H]1O3)[C@H]2O. The van der Waals surface area contributed by atoms with Crippen LogP contribution in [0.15, 0.2) is 22.8 Å². The fourth-order valence-corrected chi connectivity index (χ4v) is 3.75. The Morgan fingerprint density at radius 1 is 1.29 bits per heavy atom. The highest BCUT2D eigenvalue weighted by atomic mass is 16.7. The van der Waals surface area contributed by atoms with E-state index in [1.165, 1.54) is 0 Å². The summed E-state index contributed by atoms with van der Waals surface area (Å²) in [4.78, 5) is 24.0. The third-order valence-electron chi connectivity index (χ3n) is 4.87. The summed E-state index contributed by atoms with van der Waals surface area (Å²) in [7, 11) is 0. The van der Waals surface area contributed by atoms with Gasteiger partial charge in [-0.3, -0.25) is 4.79 Å². The third kappa shape index (κ3) is 1.54. The highest BCUT2D eigenvalue weighted by Crippen LogP contribution is 2.49. The highest BCUT2D eigenvalue weighted by molar-refractivity contribution is 5.93. The molecule has 0 unspecified atom stereocenters. The van der Waals surface area contributed by atoms with Crippen molar-refractivity contribution in [2.75, 3.05) is 0 Å². The largest absolute Gasteiger partial charge is 0.454 e. The van der Waals surface area contributed by atoms with Crippen LogP contribution in [-0.2, 0) is 23.8 Å². The van der Waals surface area contributed by atoms with Crippen LogP contribution in [0, 0.1) is 5.92 Å². The molecule has 0 amide bonds. The minimum atomic E-state index is -1.32. The van der Waals surface area contributed by atoms with Crippen molar-refractivity contribution in [3.63, 3.8) is 0 Å². The van der Waals surface area contributed by atoms with E-state index in [2.05, 4.69) is 0 Å². The number of carbonyl (C=O) groups excluding carboxylic acids is 2. The average molecular weight is 292 g/mol. The predicted molar refractivity (Wildman–Crippen MR) is 68.8 cm³/mol. The number of hydrogen-bond acceptors (Lipinski definition) is 6. The van der Waals surface area contributed by atoms with Gasteiger partial charge in [-0.15, -0.1) is 0 Å². The van der Waals surface area contributed by atoms with E-state index < -0.39 is 35.9 Å². The van der Waals surface area contributed by atoms with E-state index in [0.717, 1.165) is 5.57 Å². The van der Waals surface area contributed by atoms with E-state index in [-0.39, 0.29) is 6.10 Å². The summed E-state index contributed by atoms with van der Waals surface area (Å²) >= 11 is 0. The molecule has 0 aromatic rings. The number of ether oxygens (including phenoxy) is 3. The maximum absolute atomic E-state index is 12.0. The number of hydrogen-bond donors (Lipinski definition) is 1. The lowest BCUT2D eigenvalue weighted by atomic mass is 9.87. The lowest BCUT2D eigenvalue weighted by Gasteiger charge is -2.28. The molecule has 2 fully saturated rings. The van der Waals surface area contributed by atoms with Crippen molar-refractivity contribution in [3.05, 3.63) is 22.8 Å². The van der Waals surface area contributed by atoms with Crippen molar-refractivity contribution in [1.29, 1.82) is 0 Å². The van der Waals surface area contributed by atoms with E-state index in [9.17, 15) is 14.7 Å². The molecule has 1 N–H and O–H groups in total. The molecule has 4 aliphatic heterocycles. The first-order chi connectivity index (χ1) is 9.93. The van der Waals surface area contributed by atoms with Gasteiger partial charge in [0.05, 0.1) is 17.6 Å². The van der Waals surface area contributed by atoms with Gasteiger partial charge in [0, 0.05) is 5.57 Å². The number of aliphatic hydroxyl groups excluding tert-OH is 1. The summed E-state index contributed by atoms with van der Waals surface area (Å²) < 4.78 is 16.8. The quantitative estimate of drug-likeness (QED) is 0.520. The van der Waals surface area contributed by atoms with Crippen molar-refractivity contribution in [1.82, 2.24) is 0 Å². The Kier molecular flexibility index (Phi) is 2.45. The lowest BCUT2D eigenvalue weighted by Crippen LogP contribution is -2.40. The number of aliphatic hydroxyl groups is 1. The van der Waals surface area contributed by atoms with Gasteiger partial charge in [0.25, 0.3) is 5.79 Å². The maximum Gasteiger partial charge on any atom is 0.337 e. The van der Waals surface area contributed by atoms with Gasteiger partial charge in [0.2, 0.25) is 0 Å². The Hall–Kier alpha value is -1.66. The van der Waals surface area contributed by atoms with Crippen LogP contribution in [0.5, 0.6) is 0 Å². The van der Waals surface area contributed by atoms with Gasteiger partial charge in [0.1, 0.15) is 6.10 Å². The Morgan fingerprint density at radius 3 is 2.81 bits per heavy atom. The van der Waals surface area contributed by atoms with Crippen LogP contribution in [-0.4, -0.2) is 41.1 Å². The third-order valence-corrected chi connectivity index (χ3v) is 4.87. The molecule has 0 aliphatic carbocycles. The van der Waals surface area contributed by atoms with Crippen molar-refractivity contribution < 1.29 is 28.9 Å². The van der Waals surface area contributed by atoms with Crippen LogP contribution >= 0.6 is 0 Å². The van der Waals surface area contributed by atoms with Crippen LogP contribution in [0.2, 0.25) is 0 Å². The normalized spacial score (nSPS) is 44.6. The smallest absolute Gasteiger partial charge is 0.337 e. The van der Waals surface area contributed by atoms with Crippen molar-refractivity contribution in [2.45, 2.75) is 50.8 Å². The average Bonchev–Trinajstić information content (AvgIpc) is 2.95. The number of esters is 2. The number of fused-ring (bicyclic) bond motifs is 4. The van der Waals surface area contributed by atoms with E-state index in [1.54, 1.807) is 13.0 Å². The fraction of sp³-hybridized carbons (Fsp3) is 0.600. The Labute approximate surface area is 121 Å². The Morgan fingerprint density at radius 2 is 2.05 bits per heavy atom. The maximum atomic E-state index is 12.0. The minimum absolute atomic E-state index is 0.210. The summed E-state index contributed by atoms with van der Waals surface area (Å²) in [5, 5.41) is 10.4. The molecule has 5 atom stereocenters. The second-order valence-electron chi connectivity index (χ2n) is 6.12. The molecule has 21 heavy (non-hydrogen) atoms. The van der Waals surface area contributed by atoms with Gasteiger partial charge in [-0.2, -0.15) is 0 Å². The molecule has 0 aromatic heterocycles. The summed E-state index contributed by atoms with van der Waals surface area (Å²) in [6.07, 6.45) is 0.777. The van der Waals surface area contributed by atoms with Crippen LogP contribution < -0.4 is 0 Å². The zero-order valence-corrected chi connectivity index (χ0v) is 11.8. The van der Waals surface area contributed by atoms with Crippen molar-refractivity contribution in [3.8, 4) is 0 Å². The topological polar surface area (TPSA) is 82.1 Å². The highest BCUT2D eigenvalue weighted by Gasteiger charge is 2.60. The van der Waals surface area contributed by atoms with E-state index in [1.807, 2.05) is 6.92 Å². The van der Waals surface area contributed by atoms with Gasteiger partial charge in [-0.05, 0) is 38.3 Å². The second-order valence-corrected chi connectivity index (χ2v) is 6.12. The van der Waals surface area contributed by atoms with Gasteiger partial charge in [-0.1, -0.05) is 0 Å². The first kappa shape index (κ1) is 13.0. The molecule has 2 saturated heterocycles. The molecular formula is C15H16O6. The summed E-state index contributed by atoms with van der Waals surface area (Å²) in [6, 6.07) is 0. The van der Waals surface area contributed by atoms with E-state index in [0.29, 0.717) is 24.0 Å². The first-order valence-corrected chi connectivity index (χ1v) is 7.13. The van der Waals surface area contributed by atoms with Gasteiger partial charge < -0.3 is 19.3 Å². The number of carbonyl (C=O) groups is 2. The summed E-state index contributed by atoms with van der Waals surface area (Å²) in [6.45, 7) is 3.53.